The van der Waals surface area contributed by atoms with Crippen LogP contribution < -0.4 is 0 Å². The highest BCUT2D eigenvalue weighted by atomic mass is 127. The fourth-order valence-corrected chi connectivity index (χ4v) is 4.00. The zero-order valence-electron chi connectivity index (χ0n) is 10.7. The minimum absolute atomic E-state index is 0.226. The van der Waals surface area contributed by atoms with Crippen LogP contribution in [-0.4, -0.2) is 5.78 Å². The second kappa shape index (κ2) is 5.48. The third-order valence-electron chi connectivity index (χ3n) is 3.33. The Morgan fingerprint density at radius 3 is 2.62 bits per heavy atom. The van der Waals surface area contributed by atoms with Crippen LogP contribution >= 0.6 is 22.6 Å². The first-order chi connectivity index (χ1) is 7.38. The van der Waals surface area contributed by atoms with Gasteiger partial charge in [-0.15, -0.1) is 0 Å². The molecule has 0 spiro atoms. The summed E-state index contributed by atoms with van der Waals surface area (Å²) in [5.74, 6) is 0.228. The molecule has 1 aliphatic rings. The van der Waals surface area contributed by atoms with E-state index in [2.05, 4.69) is 43.4 Å². The highest BCUT2D eigenvalue weighted by Gasteiger charge is 2.29. The van der Waals surface area contributed by atoms with Crippen molar-refractivity contribution in [3.05, 3.63) is 20.8 Å². The van der Waals surface area contributed by atoms with E-state index in [9.17, 15) is 4.79 Å². The molecule has 0 amide bonds. The van der Waals surface area contributed by atoms with E-state index >= 15 is 0 Å². The number of halogens is 1. The van der Waals surface area contributed by atoms with Crippen molar-refractivity contribution in [1.82, 2.24) is 0 Å². The van der Waals surface area contributed by atoms with Gasteiger partial charge in [0, 0.05) is 10.0 Å². The van der Waals surface area contributed by atoms with Gasteiger partial charge < -0.3 is 0 Å². The largest absolute Gasteiger partial charge is 0.295 e. The Morgan fingerprint density at radius 1 is 1.50 bits per heavy atom. The van der Waals surface area contributed by atoms with Crippen LogP contribution in [0.4, 0.5) is 0 Å². The van der Waals surface area contributed by atoms with E-state index in [0.717, 1.165) is 3.58 Å². The van der Waals surface area contributed by atoms with Gasteiger partial charge in [-0.1, -0.05) is 26.3 Å². The van der Waals surface area contributed by atoms with Crippen LogP contribution in [0, 0.1) is 5.41 Å². The van der Waals surface area contributed by atoms with Crippen molar-refractivity contribution in [2.75, 3.05) is 0 Å². The van der Waals surface area contributed by atoms with Gasteiger partial charge in [-0.3, -0.25) is 4.79 Å². The Hall–Kier alpha value is -0.120. The molecule has 0 aromatic carbocycles. The lowest BCUT2D eigenvalue weighted by atomic mass is 9.72. The van der Waals surface area contributed by atoms with E-state index in [1.807, 2.05) is 13.0 Å². The van der Waals surface area contributed by atoms with Crippen molar-refractivity contribution in [1.29, 1.82) is 0 Å². The first-order valence-corrected chi connectivity index (χ1v) is 7.07. The normalized spacial score (nSPS) is 21.2. The third-order valence-corrected chi connectivity index (χ3v) is 4.18. The van der Waals surface area contributed by atoms with E-state index in [1.165, 1.54) is 30.4 Å². The van der Waals surface area contributed by atoms with Crippen LogP contribution in [0.5, 0.6) is 0 Å². The molecule has 1 nitrogen and oxygen atoms in total. The van der Waals surface area contributed by atoms with Gasteiger partial charge in [0.15, 0.2) is 5.78 Å². The molecule has 0 heterocycles. The van der Waals surface area contributed by atoms with E-state index in [4.69, 9.17) is 0 Å². The lowest BCUT2D eigenvalue weighted by Crippen LogP contribution is -2.20. The molecule has 1 rings (SSSR count). The molecule has 0 saturated carbocycles. The number of hydrogen-bond acceptors (Lipinski definition) is 1. The number of carbonyl (C=O) groups excluding carboxylic acids is 1. The number of hydrogen-bond donors (Lipinski definition) is 0. The van der Waals surface area contributed by atoms with Gasteiger partial charge in [0.2, 0.25) is 0 Å². The Morgan fingerprint density at radius 2 is 2.12 bits per heavy atom. The van der Waals surface area contributed by atoms with Gasteiger partial charge in [-0.25, -0.2) is 0 Å². The molecule has 0 saturated heterocycles. The molecule has 0 aromatic heterocycles. The monoisotopic (exact) mass is 332 g/mol. The average molecular weight is 332 g/mol. The maximum atomic E-state index is 11.5. The zero-order chi connectivity index (χ0) is 12.3. The Bertz CT molecular complexity index is 348. The van der Waals surface area contributed by atoms with Crippen molar-refractivity contribution in [3.8, 4) is 0 Å². The van der Waals surface area contributed by atoms with E-state index in [-0.39, 0.29) is 11.2 Å². The second-order valence-electron chi connectivity index (χ2n) is 5.20. The molecular weight excluding hydrogens is 311 g/mol. The van der Waals surface area contributed by atoms with Crippen molar-refractivity contribution < 1.29 is 4.79 Å². The molecule has 16 heavy (non-hydrogen) atoms. The van der Waals surface area contributed by atoms with Gasteiger partial charge in [0.1, 0.15) is 0 Å². The van der Waals surface area contributed by atoms with E-state index in [0.29, 0.717) is 6.42 Å². The van der Waals surface area contributed by atoms with Crippen molar-refractivity contribution in [2.45, 2.75) is 53.4 Å². The summed E-state index contributed by atoms with van der Waals surface area (Å²) in [6.45, 7) is 8.69. The van der Waals surface area contributed by atoms with Crippen LogP contribution in [0.2, 0.25) is 0 Å². The highest BCUT2D eigenvalue weighted by molar-refractivity contribution is 14.1. The summed E-state index contributed by atoms with van der Waals surface area (Å²) in [6, 6.07) is 0. The number of rotatable bonds is 3. The fourth-order valence-electron chi connectivity index (χ4n) is 2.47. The van der Waals surface area contributed by atoms with Gasteiger partial charge in [-0.2, -0.15) is 0 Å². The predicted octanol–water partition coefficient (Wildman–Crippen LogP) is 4.81. The Kier molecular flexibility index (Phi) is 4.77. The fraction of sp³-hybridized carbons (Fsp3) is 0.643. The lowest BCUT2D eigenvalue weighted by molar-refractivity contribution is -0.114. The standard InChI is InChI=1S/C14H21IO/c1-5-11(16)9-12(15)13-10(2)7-6-8-14(13,3)4/h9H,5-8H2,1-4H3. The molecule has 0 fully saturated rings. The summed E-state index contributed by atoms with van der Waals surface area (Å²) < 4.78 is 1.15. The van der Waals surface area contributed by atoms with Crippen LogP contribution in [0.1, 0.15) is 53.4 Å². The first-order valence-electron chi connectivity index (χ1n) is 5.99. The molecular formula is C14H21IO. The minimum atomic E-state index is 0.226. The smallest absolute Gasteiger partial charge is 0.156 e. The van der Waals surface area contributed by atoms with Gasteiger partial charge in [0.05, 0.1) is 0 Å². The average Bonchev–Trinajstić information content (AvgIpc) is 2.15. The molecule has 0 N–H and O–H groups in total. The van der Waals surface area contributed by atoms with Gasteiger partial charge >= 0.3 is 0 Å². The summed E-state index contributed by atoms with van der Waals surface area (Å²) in [7, 11) is 0. The van der Waals surface area contributed by atoms with Crippen LogP contribution in [0.3, 0.4) is 0 Å². The first kappa shape index (κ1) is 13.9. The van der Waals surface area contributed by atoms with Crippen LogP contribution in [0.15, 0.2) is 20.8 Å². The summed E-state index contributed by atoms with van der Waals surface area (Å²) in [6.07, 6.45) is 6.08. The molecule has 1 aliphatic carbocycles. The highest BCUT2D eigenvalue weighted by Crippen LogP contribution is 2.45. The van der Waals surface area contributed by atoms with E-state index < -0.39 is 0 Å². The van der Waals surface area contributed by atoms with Crippen molar-refractivity contribution in [2.24, 2.45) is 5.41 Å². The summed E-state index contributed by atoms with van der Waals surface area (Å²) in [5.41, 5.74) is 3.09. The molecule has 0 radical (unpaired) electrons. The maximum Gasteiger partial charge on any atom is 0.156 e. The van der Waals surface area contributed by atoms with Gasteiger partial charge in [-0.05, 0) is 65.8 Å². The number of allylic oxidation sites excluding steroid dienone is 4. The van der Waals surface area contributed by atoms with Crippen LogP contribution in [-0.2, 0) is 4.79 Å². The summed E-state index contributed by atoms with van der Waals surface area (Å²) in [5, 5.41) is 0. The SMILES string of the molecule is CCC(=O)C=C(I)C1=C(C)CCCC1(C)C. The lowest BCUT2D eigenvalue weighted by Gasteiger charge is -2.34. The molecule has 0 atom stereocenters. The molecule has 0 unspecified atom stereocenters. The maximum absolute atomic E-state index is 11.5. The summed E-state index contributed by atoms with van der Waals surface area (Å²) in [4.78, 5) is 11.5. The van der Waals surface area contributed by atoms with E-state index in [1.54, 1.807) is 0 Å². The second-order valence-corrected chi connectivity index (χ2v) is 6.37. The predicted molar refractivity (Wildman–Crippen MR) is 77.7 cm³/mol. The topological polar surface area (TPSA) is 17.1 Å². The Labute approximate surface area is 113 Å². The van der Waals surface area contributed by atoms with Gasteiger partial charge in [0.25, 0.3) is 0 Å². The molecule has 0 aliphatic heterocycles. The zero-order valence-corrected chi connectivity index (χ0v) is 12.8. The number of ketones is 1. The van der Waals surface area contributed by atoms with Crippen molar-refractivity contribution >= 4 is 28.4 Å². The molecule has 0 bridgehead atoms. The van der Waals surface area contributed by atoms with Crippen molar-refractivity contribution in [3.63, 3.8) is 0 Å². The number of carbonyl (C=O) groups is 1. The van der Waals surface area contributed by atoms with Crippen LogP contribution in [0.25, 0.3) is 0 Å². The summed E-state index contributed by atoms with van der Waals surface area (Å²) >= 11 is 2.32. The molecule has 0 aromatic rings. The molecule has 90 valence electrons. The third kappa shape index (κ3) is 3.19. The Balaban J connectivity index is 3.09. The minimum Gasteiger partial charge on any atom is -0.295 e. The molecule has 2 heteroatoms. The quantitative estimate of drug-likeness (QED) is 0.535.